The molecular weight excluding hydrogens is 358 g/mol. The van der Waals surface area contributed by atoms with E-state index in [1.165, 1.54) is 12.8 Å². The highest BCUT2D eigenvalue weighted by Gasteiger charge is 2.27. The molecule has 2 rings (SSSR count). The van der Waals surface area contributed by atoms with Gasteiger partial charge < -0.3 is 4.90 Å². The summed E-state index contributed by atoms with van der Waals surface area (Å²) in [6.45, 7) is 1.14. The van der Waals surface area contributed by atoms with E-state index in [1.807, 2.05) is 18.2 Å². The molecule has 1 aromatic carbocycles. The van der Waals surface area contributed by atoms with Crippen LogP contribution in [0.5, 0.6) is 0 Å². The SMILES string of the molecule is C#CCN(CC1CC1)C(=O)c1cc(Br)ccc1Br. The van der Waals surface area contributed by atoms with Crippen molar-refractivity contribution in [1.82, 2.24) is 4.90 Å². The molecule has 1 aliphatic rings. The van der Waals surface area contributed by atoms with E-state index in [1.54, 1.807) is 4.90 Å². The van der Waals surface area contributed by atoms with Crippen molar-refractivity contribution in [2.45, 2.75) is 12.8 Å². The van der Waals surface area contributed by atoms with E-state index in [0.29, 0.717) is 18.0 Å². The van der Waals surface area contributed by atoms with Crippen molar-refractivity contribution in [2.24, 2.45) is 5.92 Å². The molecule has 0 unspecified atom stereocenters. The first-order valence-electron chi connectivity index (χ1n) is 5.79. The van der Waals surface area contributed by atoms with Gasteiger partial charge in [0.25, 0.3) is 5.91 Å². The van der Waals surface area contributed by atoms with Crippen LogP contribution in [-0.4, -0.2) is 23.9 Å². The van der Waals surface area contributed by atoms with Gasteiger partial charge in [0.15, 0.2) is 0 Å². The van der Waals surface area contributed by atoms with Crippen LogP contribution >= 0.6 is 31.9 Å². The van der Waals surface area contributed by atoms with Crippen LogP contribution < -0.4 is 0 Å². The molecule has 0 aliphatic heterocycles. The van der Waals surface area contributed by atoms with Crippen LogP contribution in [0.1, 0.15) is 23.2 Å². The van der Waals surface area contributed by atoms with Crippen molar-refractivity contribution in [3.8, 4) is 12.3 Å². The third-order valence-electron chi connectivity index (χ3n) is 2.90. The number of nitrogens with zero attached hydrogens (tertiary/aromatic N) is 1. The summed E-state index contributed by atoms with van der Waals surface area (Å²) in [5.74, 6) is 3.19. The van der Waals surface area contributed by atoms with E-state index in [-0.39, 0.29) is 5.91 Å². The van der Waals surface area contributed by atoms with Crippen molar-refractivity contribution >= 4 is 37.8 Å². The van der Waals surface area contributed by atoms with Gasteiger partial charge in [0.1, 0.15) is 0 Å². The fourth-order valence-electron chi connectivity index (χ4n) is 1.77. The molecule has 18 heavy (non-hydrogen) atoms. The van der Waals surface area contributed by atoms with Gasteiger partial charge in [-0.1, -0.05) is 21.9 Å². The molecule has 0 heterocycles. The summed E-state index contributed by atoms with van der Waals surface area (Å²) in [4.78, 5) is 14.2. The Morgan fingerprint density at radius 1 is 1.44 bits per heavy atom. The molecule has 0 bridgehead atoms. The molecule has 4 heteroatoms. The molecule has 1 saturated carbocycles. The lowest BCUT2D eigenvalue weighted by atomic mass is 10.2. The number of hydrogen-bond acceptors (Lipinski definition) is 1. The van der Waals surface area contributed by atoms with Crippen molar-refractivity contribution in [3.63, 3.8) is 0 Å². The summed E-state index contributed by atoms with van der Waals surface area (Å²) >= 11 is 6.80. The highest BCUT2D eigenvalue weighted by atomic mass is 79.9. The molecule has 1 aromatic rings. The van der Waals surface area contributed by atoms with Crippen LogP contribution in [-0.2, 0) is 0 Å². The van der Waals surface area contributed by atoms with Gasteiger partial charge in [-0.15, -0.1) is 6.42 Å². The summed E-state index contributed by atoms with van der Waals surface area (Å²) in [5, 5.41) is 0. The van der Waals surface area contributed by atoms with Gasteiger partial charge in [-0.25, -0.2) is 0 Å². The minimum Gasteiger partial charge on any atom is -0.327 e. The van der Waals surface area contributed by atoms with E-state index in [2.05, 4.69) is 37.8 Å². The van der Waals surface area contributed by atoms with Gasteiger partial charge in [0.2, 0.25) is 0 Å². The van der Waals surface area contributed by atoms with Gasteiger partial charge in [0, 0.05) is 15.5 Å². The number of carbonyl (C=O) groups is 1. The van der Waals surface area contributed by atoms with Gasteiger partial charge in [-0.3, -0.25) is 4.79 Å². The molecule has 1 fully saturated rings. The lowest BCUT2D eigenvalue weighted by Gasteiger charge is -2.20. The molecule has 0 aromatic heterocycles. The van der Waals surface area contributed by atoms with Crippen molar-refractivity contribution in [3.05, 3.63) is 32.7 Å². The number of hydrogen-bond donors (Lipinski definition) is 0. The van der Waals surface area contributed by atoms with Crippen LogP contribution in [0.4, 0.5) is 0 Å². The van der Waals surface area contributed by atoms with Crippen molar-refractivity contribution in [2.75, 3.05) is 13.1 Å². The largest absolute Gasteiger partial charge is 0.327 e. The Morgan fingerprint density at radius 2 is 2.17 bits per heavy atom. The van der Waals surface area contributed by atoms with Crippen LogP contribution in [0.3, 0.4) is 0 Å². The first kappa shape index (κ1) is 13.6. The summed E-state index contributed by atoms with van der Waals surface area (Å²) in [7, 11) is 0. The highest BCUT2D eigenvalue weighted by Crippen LogP contribution is 2.31. The summed E-state index contributed by atoms with van der Waals surface area (Å²) in [6.07, 6.45) is 7.75. The summed E-state index contributed by atoms with van der Waals surface area (Å²) in [6, 6.07) is 5.58. The Kier molecular flexibility index (Phi) is 4.47. The Labute approximate surface area is 124 Å². The van der Waals surface area contributed by atoms with Crippen LogP contribution in [0, 0.1) is 18.3 Å². The monoisotopic (exact) mass is 369 g/mol. The number of benzene rings is 1. The lowest BCUT2D eigenvalue weighted by Crippen LogP contribution is -2.33. The second kappa shape index (κ2) is 5.90. The maximum Gasteiger partial charge on any atom is 0.255 e. The summed E-state index contributed by atoms with van der Waals surface area (Å²) < 4.78 is 1.69. The third-order valence-corrected chi connectivity index (χ3v) is 4.09. The minimum atomic E-state index is -0.00646. The topological polar surface area (TPSA) is 20.3 Å². The fourth-order valence-corrected chi connectivity index (χ4v) is 2.55. The Balaban J connectivity index is 2.20. The van der Waals surface area contributed by atoms with E-state index in [0.717, 1.165) is 15.5 Å². The Hall–Kier alpha value is -0.790. The second-order valence-corrected chi connectivity index (χ2v) is 6.23. The number of carbonyl (C=O) groups excluding carboxylic acids is 1. The van der Waals surface area contributed by atoms with Gasteiger partial charge >= 0.3 is 0 Å². The quantitative estimate of drug-likeness (QED) is 0.740. The highest BCUT2D eigenvalue weighted by molar-refractivity contribution is 9.11. The maximum atomic E-state index is 12.5. The molecule has 0 radical (unpaired) electrons. The van der Waals surface area contributed by atoms with Crippen molar-refractivity contribution in [1.29, 1.82) is 0 Å². The second-order valence-electron chi connectivity index (χ2n) is 4.46. The molecule has 1 aliphatic carbocycles. The normalized spacial score (nSPS) is 14.1. The number of amides is 1. The standard InChI is InChI=1S/C14H13Br2NO/c1-2-7-17(9-10-3-4-10)14(18)12-8-11(15)5-6-13(12)16/h1,5-6,8,10H,3-4,7,9H2. The number of rotatable bonds is 4. The molecule has 2 nitrogen and oxygen atoms in total. The molecule has 94 valence electrons. The first-order chi connectivity index (χ1) is 8.61. The Morgan fingerprint density at radius 3 is 2.78 bits per heavy atom. The molecule has 0 saturated heterocycles. The maximum absolute atomic E-state index is 12.5. The Bertz CT molecular complexity index is 503. The summed E-state index contributed by atoms with van der Waals surface area (Å²) in [5.41, 5.74) is 0.653. The zero-order chi connectivity index (χ0) is 13.1. The molecule has 0 N–H and O–H groups in total. The lowest BCUT2D eigenvalue weighted by molar-refractivity contribution is 0.0769. The first-order valence-corrected chi connectivity index (χ1v) is 7.38. The molecule has 0 atom stereocenters. The van der Waals surface area contributed by atoms with E-state index in [9.17, 15) is 4.79 Å². The predicted molar refractivity (Wildman–Crippen MR) is 79.3 cm³/mol. The zero-order valence-corrected chi connectivity index (χ0v) is 13.0. The van der Waals surface area contributed by atoms with E-state index in [4.69, 9.17) is 6.42 Å². The average Bonchev–Trinajstić information content (AvgIpc) is 3.15. The predicted octanol–water partition coefficient (Wildman–Crippen LogP) is 3.70. The third kappa shape index (κ3) is 3.37. The number of terminal acetylenes is 1. The van der Waals surface area contributed by atoms with E-state index < -0.39 is 0 Å². The fraction of sp³-hybridized carbons (Fsp3) is 0.357. The van der Waals surface area contributed by atoms with Crippen LogP contribution in [0.15, 0.2) is 27.1 Å². The van der Waals surface area contributed by atoms with Crippen LogP contribution in [0.25, 0.3) is 0 Å². The van der Waals surface area contributed by atoms with Gasteiger partial charge in [-0.2, -0.15) is 0 Å². The average molecular weight is 371 g/mol. The zero-order valence-electron chi connectivity index (χ0n) is 9.83. The van der Waals surface area contributed by atoms with Crippen molar-refractivity contribution < 1.29 is 4.79 Å². The van der Waals surface area contributed by atoms with Crippen LogP contribution in [0.2, 0.25) is 0 Å². The molecular formula is C14H13Br2NO. The van der Waals surface area contributed by atoms with Gasteiger partial charge in [0.05, 0.1) is 12.1 Å². The smallest absolute Gasteiger partial charge is 0.255 e. The molecule has 1 amide bonds. The van der Waals surface area contributed by atoms with E-state index >= 15 is 0 Å². The molecule has 0 spiro atoms. The minimum absolute atomic E-state index is 0.00646. The number of halogens is 2. The van der Waals surface area contributed by atoms with Gasteiger partial charge in [-0.05, 0) is 52.9 Å².